The van der Waals surface area contributed by atoms with E-state index < -0.39 is 12.6 Å². The molecular weight excluding hydrogens is 420 g/mol. The van der Waals surface area contributed by atoms with E-state index in [1.54, 1.807) is 24.3 Å². The number of nitrogens with one attached hydrogen (secondary N) is 2. The number of hydrazone groups is 1. The molecule has 2 aromatic carbocycles. The minimum absolute atomic E-state index is 0.175. The van der Waals surface area contributed by atoms with E-state index in [0.29, 0.717) is 17.9 Å². The predicted molar refractivity (Wildman–Crippen MR) is 115 cm³/mol. The number of hydrogen-bond donors (Lipinski definition) is 2. The van der Waals surface area contributed by atoms with Crippen molar-refractivity contribution in [3.05, 3.63) is 64.7 Å². The number of quaternary nitrogens is 1. The average molecular weight is 445 g/mol. The van der Waals surface area contributed by atoms with Gasteiger partial charge in [-0.1, -0.05) is 35.9 Å². The topological polar surface area (TPSA) is 98.5 Å². The molecule has 0 bridgehead atoms. The highest BCUT2D eigenvalue weighted by Gasteiger charge is 2.22. The van der Waals surface area contributed by atoms with Crippen LogP contribution in [0.1, 0.15) is 11.1 Å². The van der Waals surface area contributed by atoms with Crippen molar-refractivity contribution in [3.8, 4) is 5.75 Å². The predicted octanol–water partition coefficient (Wildman–Crippen LogP) is -0.680. The number of ether oxygens (including phenoxy) is 1. The molecular formula is C22H25ClN4O4. The summed E-state index contributed by atoms with van der Waals surface area (Å²) in [7, 11) is 0. The molecule has 8 nitrogen and oxygen atoms in total. The second kappa shape index (κ2) is 11.5. The molecule has 1 aliphatic rings. The summed E-state index contributed by atoms with van der Waals surface area (Å²) in [5.41, 5.74) is 4.31. The van der Waals surface area contributed by atoms with Crippen molar-refractivity contribution < 1.29 is 24.3 Å². The van der Waals surface area contributed by atoms with Gasteiger partial charge < -0.3 is 19.5 Å². The number of hydrogen-bond acceptors (Lipinski definition) is 6. The molecule has 31 heavy (non-hydrogen) atoms. The number of halogens is 1. The van der Waals surface area contributed by atoms with Gasteiger partial charge in [-0.3, -0.25) is 9.69 Å². The van der Waals surface area contributed by atoms with Crippen LogP contribution in [0.5, 0.6) is 5.75 Å². The number of aliphatic carboxylic acids is 1. The maximum atomic E-state index is 12.2. The van der Waals surface area contributed by atoms with Crippen LogP contribution in [0.15, 0.2) is 53.6 Å². The molecule has 1 aliphatic heterocycles. The number of nitrogens with zero attached hydrogens (tertiary/aromatic N) is 2. The number of para-hydroxylation sites is 1. The van der Waals surface area contributed by atoms with Gasteiger partial charge in [0.15, 0.2) is 6.54 Å². The van der Waals surface area contributed by atoms with Crippen LogP contribution in [0, 0.1) is 0 Å². The Hall–Kier alpha value is -2.94. The molecule has 0 radical (unpaired) electrons. The summed E-state index contributed by atoms with van der Waals surface area (Å²) in [6, 6.07) is 14.7. The zero-order valence-corrected chi connectivity index (χ0v) is 17.8. The van der Waals surface area contributed by atoms with Crippen molar-refractivity contribution in [1.82, 2.24) is 10.3 Å². The molecule has 0 saturated carbocycles. The maximum absolute atomic E-state index is 12.2. The van der Waals surface area contributed by atoms with Gasteiger partial charge in [0.2, 0.25) is 0 Å². The summed E-state index contributed by atoms with van der Waals surface area (Å²) >= 11 is 5.93. The molecule has 1 heterocycles. The van der Waals surface area contributed by atoms with Crippen LogP contribution in [0.25, 0.3) is 0 Å². The Kier molecular flexibility index (Phi) is 8.40. The molecule has 0 aromatic heterocycles. The van der Waals surface area contributed by atoms with Gasteiger partial charge in [-0.2, -0.15) is 5.10 Å². The van der Waals surface area contributed by atoms with Gasteiger partial charge in [0.05, 0.1) is 25.3 Å². The Labute approximate surface area is 186 Å². The molecule has 0 unspecified atom stereocenters. The summed E-state index contributed by atoms with van der Waals surface area (Å²) < 4.78 is 5.15. The quantitative estimate of drug-likeness (QED) is 0.394. The number of rotatable bonds is 9. The van der Waals surface area contributed by atoms with Crippen molar-refractivity contribution in [2.45, 2.75) is 6.54 Å². The van der Waals surface area contributed by atoms with Crippen LogP contribution in [0.2, 0.25) is 5.02 Å². The first kappa shape index (κ1) is 22.7. The highest BCUT2D eigenvalue weighted by molar-refractivity contribution is 6.30. The molecule has 164 valence electrons. The highest BCUT2D eigenvalue weighted by atomic mass is 35.5. The van der Waals surface area contributed by atoms with E-state index in [-0.39, 0.29) is 5.91 Å². The Balaban J connectivity index is 1.41. The van der Waals surface area contributed by atoms with Crippen LogP contribution < -0.4 is 20.2 Å². The van der Waals surface area contributed by atoms with E-state index in [1.807, 2.05) is 24.3 Å². The average Bonchev–Trinajstić information content (AvgIpc) is 2.76. The second-order valence-electron chi connectivity index (χ2n) is 7.32. The zero-order chi connectivity index (χ0) is 22.1. The van der Waals surface area contributed by atoms with Gasteiger partial charge in [0.1, 0.15) is 12.4 Å². The fourth-order valence-electron chi connectivity index (χ4n) is 3.35. The van der Waals surface area contributed by atoms with Crippen molar-refractivity contribution in [1.29, 1.82) is 0 Å². The Bertz CT molecular complexity index is 912. The standard InChI is InChI=1S/C22H25ClN4O4/c23-19-7-5-17(6-8-19)14-26-9-11-27(12-10-26)15-21(28)25-24-13-18-3-1-2-4-20(18)31-16-22(29)30/h1-8,13H,9-12,14-16H2,(H,25,28)(H,29,30)/b24-13-. The lowest BCUT2D eigenvalue weighted by molar-refractivity contribution is -0.896. The Morgan fingerprint density at radius 3 is 2.58 bits per heavy atom. The first-order chi connectivity index (χ1) is 15.0. The minimum Gasteiger partial charge on any atom is -0.546 e. The van der Waals surface area contributed by atoms with E-state index in [4.69, 9.17) is 16.3 Å². The first-order valence-corrected chi connectivity index (χ1v) is 10.4. The SMILES string of the molecule is O=C([O-])COc1ccccc1/C=N\NC(=O)C[NH+]1CCN(Cc2ccc(Cl)cc2)CC1. The summed E-state index contributed by atoms with van der Waals surface area (Å²) in [5.74, 6) is -1.13. The van der Waals surface area contributed by atoms with Crippen LogP contribution in [0.4, 0.5) is 0 Å². The molecule has 1 saturated heterocycles. The van der Waals surface area contributed by atoms with Crippen LogP contribution in [-0.4, -0.2) is 62.3 Å². The summed E-state index contributed by atoms with van der Waals surface area (Å²) in [6.45, 7) is 4.25. The van der Waals surface area contributed by atoms with Crippen LogP contribution >= 0.6 is 11.6 Å². The van der Waals surface area contributed by atoms with Crippen LogP contribution in [0.3, 0.4) is 0 Å². The Morgan fingerprint density at radius 1 is 1.16 bits per heavy atom. The van der Waals surface area contributed by atoms with Crippen molar-refractivity contribution in [3.63, 3.8) is 0 Å². The molecule has 2 N–H and O–H groups in total. The van der Waals surface area contributed by atoms with Crippen molar-refractivity contribution in [2.75, 3.05) is 39.3 Å². The molecule has 1 amide bonds. The third-order valence-electron chi connectivity index (χ3n) is 4.95. The van der Waals surface area contributed by atoms with Gasteiger partial charge in [-0.15, -0.1) is 0 Å². The number of carboxylic acids is 1. The first-order valence-electron chi connectivity index (χ1n) is 10.0. The lowest BCUT2D eigenvalue weighted by atomic mass is 10.2. The third kappa shape index (κ3) is 7.67. The van der Waals surface area contributed by atoms with Gasteiger partial charge in [0, 0.05) is 30.2 Å². The molecule has 2 aromatic rings. The number of piperazine rings is 1. The number of amides is 1. The van der Waals surface area contributed by atoms with Crippen molar-refractivity contribution >= 4 is 29.7 Å². The van der Waals surface area contributed by atoms with Crippen molar-refractivity contribution in [2.24, 2.45) is 5.10 Å². The number of carbonyl (C=O) groups excluding carboxylic acids is 2. The molecule has 9 heteroatoms. The molecule has 0 atom stereocenters. The highest BCUT2D eigenvalue weighted by Crippen LogP contribution is 2.15. The normalized spacial score (nSPS) is 15.1. The molecule has 0 spiro atoms. The maximum Gasteiger partial charge on any atom is 0.295 e. The van der Waals surface area contributed by atoms with E-state index in [1.165, 1.54) is 16.7 Å². The fourth-order valence-corrected chi connectivity index (χ4v) is 3.47. The largest absolute Gasteiger partial charge is 0.546 e. The number of benzene rings is 2. The van der Waals surface area contributed by atoms with Gasteiger partial charge in [0.25, 0.3) is 5.91 Å². The monoisotopic (exact) mass is 444 g/mol. The Morgan fingerprint density at radius 2 is 1.87 bits per heavy atom. The third-order valence-corrected chi connectivity index (χ3v) is 5.20. The lowest BCUT2D eigenvalue weighted by Gasteiger charge is -2.31. The molecule has 1 fully saturated rings. The molecule has 3 rings (SSSR count). The lowest BCUT2D eigenvalue weighted by Crippen LogP contribution is -3.15. The number of carbonyl (C=O) groups is 2. The van der Waals surface area contributed by atoms with Gasteiger partial charge >= 0.3 is 0 Å². The van der Waals surface area contributed by atoms with Crippen LogP contribution in [-0.2, 0) is 16.1 Å². The van der Waals surface area contributed by atoms with E-state index in [2.05, 4.69) is 15.4 Å². The zero-order valence-electron chi connectivity index (χ0n) is 17.1. The summed E-state index contributed by atoms with van der Waals surface area (Å²) in [6.07, 6.45) is 1.43. The smallest absolute Gasteiger partial charge is 0.295 e. The summed E-state index contributed by atoms with van der Waals surface area (Å²) in [5, 5.41) is 15.3. The van der Waals surface area contributed by atoms with E-state index in [0.717, 1.165) is 37.7 Å². The van der Waals surface area contributed by atoms with Gasteiger partial charge in [-0.05, 0) is 29.8 Å². The second-order valence-corrected chi connectivity index (χ2v) is 7.76. The molecule has 0 aliphatic carbocycles. The van der Waals surface area contributed by atoms with Gasteiger partial charge in [-0.25, -0.2) is 5.43 Å². The summed E-state index contributed by atoms with van der Waals surface area (Å²) in [4.78, 5) is 26.4. The van der Waals surface area contributed by atoms with E-state index >= 15 is 0 Å². The minimum atomic E-state index is -1.31. The fraction of sp³-hybridized carbons (Fsp3) is 0.318. The number of carboxylic acid groups (broad SMARTS) is 1. The van der Waals surface area contributed by atoms with E-state index in [9.17, 15) is 14.7 Å².